The van der Waals surface area contributed by atoms with Gasteiger partial charge in [-0.3, -0.25) is 14.3 Å². The summed E-state index contributed by atoms with van der Waals surface area (Å²) in [7, 11) is 1.65. The lowest BCUT2D eigenvalue weighted by atomic mass is 10.2. The Bertz CT molecular complexity index is 1410. The van der Waals surface area contributed by atoms with Crippen LogP contribution >= 0.6 is 11.8 Å². The van der Waals surface area contributed by atoms with Crippen molar-refractivity contribution in [3.05, 3.63) is 51.2 Å². The maximum Gasteiger partial charge on any atom is 0.329 e. The van der Waals surface area contributed by atoms with Crippen molar-refractivity contribution in [2.45, 2.75) is 44.3 Å². The summed E-state index contributed by atoms with van der Waals surface area (Å²) < 4.78 is 5.14. The zero-order valence-electron chi connectivity index (χ0n) is 19.9. The molecule has 1 aliphatic rings. The van der Waals surface area contributed by atoms with E-state index >= 15 is 0 Å². The summed E-state index contributed by atoms with van der Waals surface area (Å²) in [6.07, 6.45) is 4.57. The number of hydrogen-bond donors (Lipinski definition) is 1. The molecule has 35 heavy (non-hydrogen) atoms. The van der Waals surface area contributed by atoms with E-state index in [2.05, 4.69) is 32.3 Å². The van der Waals surface area contributed by atoms with Crippen molar-refractivity contribution < 1.29 is 0 Å². The number of imidazole rings is 1. The van der Waals surface area contributed by atoms with Crippen LogP contribution in [0.15, 0.2) is 45.1 Å². The van der Waals surface area contributed by atoms with Gasteiger partial charge in [0.2, 0.25) is 11.1 Å². The van der Waals surface area contributed by atoms with Crippen LogP contribution in [0.3, 0.4) is 0 Å². The molecule has 1 aliphatic heterocycles. The van der Waals surface area contributed by atoms with Crippen molar-refractivity contribution in [2.75, 3.05) is 23.7 Å². The highest BCUT2D eigenvalue weighted by Crippen LogP contribution is 2.26. The largest absolute Gasteiger partial charge is 0.342 e. The number of tetrazole rings is 1. The summed E-state index contributed by atoms with van der Waals surface area (Å²) in [4.78, 5) is 34.6. The molecule has 0 saturated carbocycles. The third-order valence-electron chi connectivity index (χ3n) is 6.31. The summed E-state index contributed by atoms with van der Waals surface area (Å²) in [6.45, 7) is 4.51. The van der Waals surface area contributed by atoms with Crippen LogP contribution < -0.4 is 16.1 Å². The molecule has 1 unspecified atom stereocenters. The second-order valence-electron chi connectivity index (χ2n) is 9.04. The Morgan fingerprint density at radius 3 is 2.57 bits per heavy atom. The van der Waals surface area contributed by atoms with E-state index in [1.54, 1.807) is 23.5 Å². The molecule has 0 aliphatic carbocycles. The number of nitrogens with one attached hydrogen (secondary N) is 1. The molecule has 4 heterocycles. The fourth-order valence-electron chi connectivity index (χ4n) is 4.49. The number of rotatable bonds is 7. The second kappa shape index (κ2) is 10.1. The van der Waals surface area contributed by atoms with E-state index in [4.69, 9.17) is 4.98 Å². The zero-order chi connectivity index (χ0) is 24.4. The number of thioether (sulfide) groups is 1. The number of fused-ring (bicyclic) bond motifs is 1. The minimum absolute atomic E-state index is 0.181. The monoisotopic (exact) mass is 495 g/mol. The van der Waals surface area contributed by atoms with Crippen molar-refractivity contribution in [3.8, 4) is 5.69 Å². The van der Waals surface area contributed by atoms with Gasteiger partial charge in [-0.1, -0.05) is 49.7 Å². The molecule has 0 bridgehead atoms. The molecule has 1 aromatic carbocycles. The van der Waals surface area contributed by atoms with E-state index in [0.29, 0.717) is 22.9 Å². The van der Waals surface area contributed by atoms with Gasteiger partial charge in [-0.2, -0.15) is 9.67 Å². The van der Waals surface area contributed by atoms with Gasteiger partial charge in [-0.05, 0) is 41.3 Å². The Labute approximate surface area is 206 Å². The molecule has 1 fully saturated rings. The summed E-state index contributed by atoms with van der Waals surface area (Å²) >= 11 is 1.58. The first-order valence-electron chi connectivity index (χ1n) is 11.9. The van der Waals surface area contributed by atoms with Crippen LogP contribution in [0.1, 0.15) is 32.6 Å². The number of benzene rings is 1. The molecule has 184 valence electrons. The summed E-state index contributed by atoms with van der Waals surface area (Å²) in [6, 6.07) is 9.79. The molecule has 5 rings (SSSR count). The van der Waals surface area contributed by atoms with Crippen LogP contribution in [0.5, 0.6) is 0 Å². The van der Waals surface area contributed by atoms with Crippen molar-refractivity contribution in [1.82, 2.24) is 39.3 Å². The smallest absolute Gasteiger partial charge is 0.329 e. The molecule has 4 aromatic rings. The topological polar surface area (TPSA) is 120 Å². The van der Waals surface area contributed by atoms with Gasteiger partial charge >= 0.3 is 5.69 Å². The van der Waals surface area contributed by atoms with E-state index in [9.17, 15) is 9.59 Å². The first-order valence-corrected chi connectivity index (χ1v) is 12.9. The Kier molecular flexibility index (Phi) is 6.71. The average Bonchev–Trinajstić information content (AvgIpc) is 3.38. The van der Waals surface area contributed by atoms with Crippen LogP contribution in [0.25, 0.3) is 16.9 Å². The van der Waals surface area contributed by atoms with Crippen molar-refractivity contribution in [3.63, 3.8) is 0 Å². The first-order chi connectivity index (χ1) is 17.0. The minimum atomic E-state index is -0.453. The number of aromatic amines is 1. The number of aryl methyl sites for hydroxylation is 1. The Morgan fingerprint density at radius 2 is 1.83 bits per heavy atom. The molecule has 1 atom stereocenters. The van der Waals surface area contributed by atoms with Crippen molar-refractivity contribution in [2.24, 2.45) is 13.0 Å². The number of aromatic nitrogens is 8. The predicted molar refractivity (Wildman–Crippen MR) is 135 cm³/mol. The van der Waals surface area contributed by atoms with E-state index < -0.39 is 11.2 Å². The first kappa shape index (κ1) is 23.3. The van der Waals surface area contributed by atoms with Crippen molar-refractivity contribution >= 4 is 28.9 Å². The molecule has 1 N–H and O–H groups in total. The molecule has 0 radical (unpaired) electrons. The summed E-state index contributed by atoms with van der Waals surface area (Å²) in [5, 5.41) is 12.9. The lowest BCUT2D eigenvalue weighted by molar-refractivity contribution is 0.533. The maximum absolute atomic E-state index is 12.9. The van der Waals surface area contributed by atoms with E-state index in [0.717, 1.165) is 43.3 Å². The fraction of sp³-hybridized carbons (Fsp3) is 0.478. The van der Waals surface area contributed by atoms with Gasteiger partial charge < -0.3 is 9.47 Å². The standard InChI is InChI=1S/C23H29N9O2S/c1-16(15-35-23-26-27-28-32(23)17-10-6-5-7-11-17)14-31-18-19(29(2)22(34)25-20(18)33)24-21(31)30-12-8-3-4-9-13-30/h5-7,10-11,16H,3-4,8-9,12-15H2,1-2H3,(H,25,33,34). The van der Waals surface area contributed by atoms with Gasteiger partial charge in [-0.25, -0.2) is 4.79 Å². The molecular weight excluding hydrogens is 466 g/mol. The molecule has 0 spiro atoms. The van der Waals surface area contributed by atoms with Gasteiger partial charge in [0.05, 0.1) is 5.69 Å². The third kappa shape index (κ3) is 4.75. The zero-order valence-corrected chi connectivity index (χ0v) is 20.7. The molecule has 12 heteroatoms. The lowest BCUT2D eigenvalue weighted by Gasteiger charge is -2.24. The summed E-state index contributed by atoms with van der Waals surface area (Å²) in [5.41, 5.74) is 0.919. The Balaban J connectivity index is 1.43. The molecule has 0 amide bonds. The van der Waals surface area contributed by atoms with Crippen molar-refractivity contribution in [1.29, 1.82) is 0 Å². The highest BCUT2D eigenvalue weighted by Gasteiger charge is 2.24. The van der Waals surface area contributed by atoms with E-state index in [-0.39, 0.29) is 5.92 Å². The highest BCUT2D eigenvalue weighted by atomic mass is 32.2. The van der Waals surface area contributed by atoms with Crippen LogP contribution in [0.2, 0.25) is 0 Å². The van der Waals surface area contributed by atoms with Gasteiger partial charge in [0.25, 0.3) is 5.56 Å². The van der Waals surface area contributed by atoms with Crippen LogP contribution in [0, 0.1) is 5.92 Å². The minimum Gasteiger partial charge on any atom is -0.342 e. The van der Waals surface area contributed by atoms with Crippen LogP contribution in [-0.4, -0.2) is 58.2 Å². The third-order valence-corrected chi connectivity index (χ3v) is 7.56. The Hall–Kier alpha value is -3.41. The van der Waals surface area contributed by atoms with E-state index in [1.165, 1.54) is 17.4 Å². The normalized spacial score (nSPS) is 15.4. The Morgan fingerprint density at radius 1 is 1.09 bits per heavy atom. The SMILES string of the molecule is CC(CSc1nnnn1-c1ccccc1)Cn1c(N2CCCCCC2)nc2c1c(=O)[nH]c(=O)n2C. The molecule has 3 aromatic heterocycles. The molecule has 11 nitrogen and oxygen atoms in total. The summed E-state index contributed by atoms with van der Waals surface area (Å²) in [5.74, 6) is 1.69. The predicted octanol–water partition coefficient (Wildman–Crippen LogP) is 2.21. The van der Waals surface area contributed by atoms with Crippen LogP contribution in [-0.2, 0) is 13.6 Å². The van der Waals surface area contributed by atoms with Gasteiger partial charge in [0.15, 0.2) is 11.2 Å². The number of H-pyrrole nitrogens is 1. The quantitative estimate of drug-likeness (QED) is 0.388. The number of nitrogens with zero attached hydrogens (tertiary/aromatic N) is 8. The maximum atomic E-state index is 12.9. The lowest BCUT2D eigenvalue weighted by Crippen LogP contribution is -2.30. The van der Waals surface area contributed by atoms with Gasteiger partial charge in [0, 0.05) is 32.4 Å². The van der Waals surface area contributed by atoms with Gasteiger partial charge in [-0.15, -0.1) is 5.10 Å². The number of anilines is 1. The number of para-hydroxylation sites is 1. The molecule has 1 saturated heterocycles. The average molecular weight is 496 g/mol. The van der Waals surface area contributed by atoms with Gasteiger partial charge in [0.1, 0.15) is 0 Å². The van der Waals surface area contributed by atoms with E-state index in [1.807, 2.05) is 34.9 Å². The fourth-order valence-corrected chi connectivity index (χ4v) is 5.39. The van der Waals surface area contributed by atoms with Crippen LogP contribution in [0.4, 0.5) is 5.95 Å². The second-order valence-corrected chi connectivity index (χ2v) is 10.0. The molecular formula is C23H29N9O2S. The highest BCUT2D eigenvalue weighted by molar-refractivity contribution is 7.99. The number of hydrogen-bond acceptors (Lipinski definition) is 8.